The molecule has 2 rings (SSSR count). The summed E-state index contributed by atoms with van der Waals surface area (Å²) in [5, 5.41) is 1.88. The van der Waals surface area contributed by atoms with Gasteiger partial charge < -0.3 is 11.1 Å². The molecule has 0 bridgehead atoms. The Labute approximate surface area is 114 Å². The molecular weight excluding hydrogens is 312 g/mol. The summed E-state index contributed by atoms with van der Waals surface area (Å²) in [6.07, 6.45) is -4.78. The van der Waals surface area contributed by atoms with E-state index in [1.807, 2.05) is 5.32 Å². The van der Waals surface area contributed by atoms with Crippen LogP contribution in [0, 0.1) is 0 Å². The number of alkyl halides is 3. The molecule has 0 aliphatic heterocycles. The number of nitrogens with one attached hydrogen (secondary N) is 1. The van der Waals surface area contributed by atoms with Gasteiger partial charge in [0.05, 0.1) is 14.7 Å². The third-order valence-corrected chi connectivity index (χ3v) is 4.33. The van der Waals surface area contributed by atoms with Crippen molar-refractivity contribution in [1.29, 1.82) is 0 Å². The van der Waals surface area contributed by atoms with Crippen molar-refractivity contribution in [3.8, 4) is 0 Å². The van der Waals surface area contributed by atoms with Crippen LogP contribution >= 0.6 is 34.5 Å². The zero-order valence-electron chi connectivity index (χ0n) is 8.65. The number of fused-ring (bicyclic) bond motifs is 1. The minimum absolute atomic E-state index is 0.152. The van der Waals surface area contributed by atoms with Gasteiger partial charge in [0.25, 0.3) is 0 Å². The highest BCUT2D eigenvalue weighted by Gasteiger charge is 2.43. The fourth-order valence-corrected chi connectivity index (χ4v) is 3.88. The topological polar surface area (TPSA) is 55.1 Å². The van der Waals surface area contributed by atoms with Crippen molar-refractivity contribution in [2.75, 3.05) is 0 Å². The lowest BCUT2D eigenvalue weighted by atomic mass is 10.2. The van der Waals surface area contributed by atoms with Gasteiger partial charge in [0, 0.05) is 17.2 Å². The summed E-state index contributed by atoms with van der Waals surface area (Å²) < 4.78 is 37.2. The summed E-state index contributed by atoms with van der Waals surface area (Å²) in [7, 11) is 0. The van der Waals surface area contributed by atoms with E-state index in [2.05, 4.69) is 0 Å². The minimum Gasteiger partial charge on any atom is -0.341 e. The molecule has 18 heavy (non-hydrogen) atoms. The number of hydrogen-bond acceptors (Lipinski definition) is 3. The van der Waals surface area contributed by atoms with E-state index < -0.39 is 24.2 Å². The Morgan fingerprint density at radius 3 is 2.44 bits per heavy atom. The average molecular weight is 319 g/mol. The maximum absolute atomic E-state index is 12.2. The van der Waals surface area contributed by atoms with Crippen molar-refractivity contribution in [2.45, 2.75) is 24.7 Å². The number of nitrogens with two attached hydrogens (primary N) is 1. The van der Waals surface area contributed by atoms with Gasteiger partial charge in [-0.25, -0.2) is 0 Å². The summed E-state index contributed by atoms with van der Waals surface area (Å²) in [5.41, 5.74) is 6.69. The number of carbonyl (C=O) groups excluding carboxylic acids is 1. The van der Waals surface area contributed by atoms with Crippen LogP contribution in [0.4, 0.5) is 13.2 Å². The lowest BCUT2D eigenvalue weighted by molar-refractivity contribution is -0.174. The first-order valence-electron chi connectivity index (χ1n) is 4.82. The number of amides is 1. The first-order valence-corrected chi connectivity index (χ1v) is 6.40. The van der Waals surface area contributed by atoms with Crippen LogP contribution in [0.25, 0.3) is 0 Å². The van der Waals surface area contributed by atoms with Gasteiger partial charge in [0.1, 0.15) is 0 Å². The van der Waals surface area contributed by atoms with Crippen molar-refractivity contribution in [1.82, 2.24) is 5.32 Å². The maximum atomic E-state index is 12.2. The van der Waals surface area contributed by atoms with Gasteiger partial charge in [-0.1, -0.05) is 23.2 Å². The van der Waals surface area contributed by atoms with Crippen molar-refractivity contribution >= 4 is 40.4 Å². The van der Waals surface area contributed by atoms with Gasteiger partial charge >= 0.3 is 12.1 Å². The van der Waals surface area contributed by atoms with Crippen LogP contribution in [0.3, 0.4) is 0 Å². The second-order valence-corrected chi connectivity index (χ2v) is 6.07. The van der Waals surface area contributed by atoms with Crippen molar-refractivity contribution in [3.05, 3.63) is 19.8 Å². The maximum Gasteiger partial charge on any atom is 0.471 e. The Morgan fingerprint density at radius 2 is 1.89 bits per heavy atom. The van der Waals surface area contributed by atoms with E-state index in [0.29, 0.717) is 15.5 Å². The molecule has 1 aliphatic carbocycles. The second-order valence-electron chi connectivity index (χ2n) is 3.84. The van der Waals surface area contributed by atoms with E-state index in [9.17, 15) is 18.0 Å². The highest BCUT2D eigenvalue weighted by Crippen LogP contribution is 2.50. The third-order valence-electron chi connectivity index (χ3n) is 2.66. The van der Waals surface area contributed by atoms with Crippen LogP contribution in [0.5, 0.6) is 0 Å². The number of thiophene rings is 1. The molecule has 0 unspecified atom stereocenters. The van der Waals surface area contributed by atoms with Crippen LogP contribution in [0.2, 0.25) is 8.67 Å². The van der Waals surface area contributed by atoms with Gasteiger partial charge in [0.2, 0.25) is 0 Å². The smallest absolute Gasteiger partial charge is 0.341 e. The quantitative estimate of drug-likeness (QED) is 0.835. The number of hydrogen-bond donors (Lipinski definition) is 2. The Morgan fingerprint density at radius 1 is 1.33 bits per heavy atom. The van der Waals surface area contributed by atoms with Crippen LogP contribution < -0.4 is 11.1 Å². The Kier molecular flexibility index (Phi) is 3.52. The van der Waals surface area contributed by atoms with Gasteiger partial charge in [-0.2, -0.15) is 13.2 Å². The van der Waals surface area contributed by atoms with Gasteiger partial charge in [-0.15, -0.1) is 11.3 Å². The zero-order valence-corrected chi connectivity index (χ0v) is 11.0. The summed E-state index contributed by atoms with van der Waals surface area (Å²) in [6.45, 7) is 0. The lowest BCUT2D eigenvalue weighted by Gasteiger charge is -2.15. The molecule has 2 atom stereocenters. The average Bonchev–Trinajstić information content (AvgIpc) is 2.67. The summed E-state index contributed by atoms with van der Waals surface area (Å²) in [4.78, 5) is 10.9. The van der Waals surface area contributed by atoms with Crippen LogP contribution in [-0.2, 0) is 4.79 Å². The highest BCUT2D eigenvalue weighted by atomic mass is 35.5. The molecule has 1 amide bonds. The van der Waals surface area contributed by atoms with E-state index >= 15 is 0 Å². The molecule has 1 heterocycles. The molecule has 0 radical (unpaired) electrons. The molecule has 0 aromatic carbocycles. The van der Waals surface area contributed by atoms with E-state index in [1.54, 1.807) is 0 Å². The van der Waals surface area contributed by atoms with Crippen LogP contribution in [-0.4, -0.2) is 12.1 Å². The Bertz CT molecular complexity index is 503. The number of rotatable bonds is 1. The van der Waals surface area contributed by atoms with E-state index in [4.69, 9.17) is 28.9 Å². The van der Waals surface area contributed by atoms with E-state index in [0.717, 1.165) is 11.3 Å². The Balaban J connectivity index is 2.27. The second kappa shape index (κ2) is 4.56. The number of halogens is 5. The molecular formula is C9H7Cl2F3N2OS. The number of carbonyl (C=O) groups is 1. The molecule has 1 aromatic rings. The zero-order chi connectivity index (χ0) is 13.7. The van der Waals surface area contributed by atoms with Crippen LogP contribution in [0.1, 0.15) is 29.6 Å². The van der Waals surface area contributed by atoms with Crippen molar-refractivity contribution in [2.24, 2.45) is 5.73 Å². The Hall–Kier alpha value is -0.500. The molecule has 0 saturated carbocycles. The highest BCUT2D eigenvalue weighted by molar-refractivity contribution is 7.20. The van der Waals surface area contributed by atoms with Crippen LogP contribution in [0.15, 0.2) is 0 Å². The monoisotopic (exact) mass is 318 g/mol. The molecule has 3 nitrogen and oxygen atoms in total. The molecule has 1 aliphatic rings. The summed E-state index contributed by atoms with van der Waals surface area (Å²) >= 11 is 12.8. The molecule has 0 spiro atoms. The molecule has 0 saturated heterocycles. The summed E-state index contributed by atoms with van der Waals surface area (Å²) in [5.74, 6) is -2.01. The van der Waals surface area contributed by atoms with Gasteiger partial charge in [-0.3, -0.25) is 4.79 Å². The SMILES string of the molecule is N[C@@H]1C[C@H](NC(=O)C(F)(F)F)c2c(Cl)sc(Cl)c21. The first kappa shape index (κ1) is 13.9. The van der Waals surface area contributed by atoms with Gasteiger partial charge in [-0.05, 0) is 6.42 Å². The van der Waals surface area contributed by atoms with E-state index in [-0.39, 0.29) is 10.8 Å². The predicted molar refractivity (Wildman–Crippen MR) is 62.8 cm³/mol. The molecule has 9 heteroatoms. The largest absolute Gasteiger partial charge is 0.471 e. The predicted octanol–water partition coefficient (Wildman–Crippen LogP) is 3.18. The normalized spacial score (nSPS) is 23.0. The third kappa shape index (κ3) is 2.32. The standard InChI is InChI=1S/C9H7Cl2F3N2OS/c10-6-4-2(15)1-3(5(4)7(11)18-6)16-8(17)9(12,13)14/h2-3H,1,15H2,(H,16,17)/t2-,3+/m1/s1. The molecule has 3 N–H and O–H groups in total. The van der Waals surface area contributed by atoms with Gasteiger partial charge in [0.15, 0.2) is 0 Å². The molecule has 100 valence electrons. The lowest BCUT2D eigenvalue weighted by Crippen LogP contribution is -2.38. The first-order chi connectivity index (χ1) is 8.21. The summed E-state index contributed by atoms with van der Waals surface area (Å²) in [6, 6.07) is -1.37. The van der Waals surface area contributed by atoms with Crippen molar-refractivity contribution < 1.29 is 18.0 Å². The molecule has 0 fully saturated rings. The molecule has 1 aromatic heterocycles. The van der Waals surface area contributed by atoms with Crippen molar-refractivity contribution in [3.63, 3.8) is 0 Å². The fourth-order valence-electron chi connectivity index (χ4n) is 1.93. The fraction of sp³-hybridized carbons (Fsp3) is 0.444. The minimum atomic E-state index is -4.93. The van der Waals surface area contributed by atoms with E-state index in [1.165, 1.54) is 0 Å².